The molecule has 1 aliphatic carbocycles. The molecule has 1 aromatic rings. The van der Waals surface area contributed by atoms with Crippen molar-refractivity contribution in [3.05, 3.63) is 23.8 Å². The molecule has 0 radical (unpaired) electrons. The summed E-state index contributed by atoms with van der Waals surface area (Å²) in [7, 11) is 0. The number of hydrogen-bond acceptors (Lipinski definition) is 3. The topological polar surface area (TPSA) is 75.4 Å². The number of carbonyl (C=O) groups is 2. The molecule has 2 amide bonds. The summed E-state index contributed by atoms with van der Waals surface area (Å²) in [6.45, 7) is 2.30. The van der Waals surface area contributed by atoms with Gasteiger partial charge in [-0.25, -0.2) is 0 Å². The number of amides is 2. The van der Waals surface area contributed by atoms with E-state index in [0.717, 1.165) is 49.2 Å². The Hall–Kier alpha value is -1.59. The van der Waals surface area contributed by atoms with Crippen molar-refractivity contribution < 1.29 is 9.59 Å². The predicted octanol–water partition coefficient (Wildman–Crippen LogP) is 2.47. The van der Waals surface area contributed by atoms with Gasteiger partial charge < -0.3 is 16.0 Å². The highest BCUT2D eigenvalue weighted by Crippen LogP contribution is 2.31. The molecular formula is C17H24ClN3O2. The molecule has 2 atom stereocenters. The molecule has 1 saturated carbocycles. The van der Waals surface area contributed by atoms with Gasteiger partial charge in [0, 0.05) is 37.3 Å². The highest BCUT2D eigenvalue weighted by molar-refractivity contribution is 5.95. The first-order chi connectivity index (χ1) is 10.5. The molecule has 23 heavy (non-hydrogen) atoms. The fourth-order valence-electron chi connectivity index (χ4n) is 3.58. The van der Waals surface area contributed by atoms with Gasteiger partial charge in [0.25, 0.3) is 0 Å². The van der Waals surface area contributed by atoms with Crippen LogP contribution in [-0.2, 0) is 16.0 Å². The van der Waals surface area contributed by atoms with Crippen LogP contribution in [0.25, 0.3) is 0 Å². The van der Waals surface area contributed by atoms with Gasteiger partial charge >= 0.3 is 0 Å². The number of nitrogens with zero attached hydrogens (tertiary/aromatic N) is 1. The summed E-state index contributed by atoms with van der Waals surface area (Å²) in [5.74, 6) is 0.400. The van der Waals surface area contributed by atoms with Crippen LogP contribution in [0.4, 0.5) is 11.4 Å². The van der Waals surface area contributed by atoms with E-state index in [2.05, 4.69) is 5.32 Å². The SMILES string of the molecule is CC(=O)N1CCc2cc(NC(=O)C[C@@H]3CCC[C@H]3N)ccc21.Cl. The highest BCUT2D eigenvalue weighted by Gasteiger charge is 2.26. The Morgan fingerprint density at radius 1 is 1.35 bits per heavy atom. The van der Waals surface area contributed by atoms with E-state index >= 15 is 0 Å². The van der Waals surface area contributed by atoms with E-state index in [1.807, 2.05) is 18.2 Å². The largest absolute Gasteiger partial charge is 0.327 e. The van der Waals surface area contributed by atoms with E-state index in [9.17, 15) is 9.59 Å². The predicted molar refractivity (Wildman–Crippen MR) is 94.0 cm³/mol. The third-order valence-corrected chi connectivity index (χ3v) is 4.80. The molecule has 5 nitrogen and oxygen atoms in total. The number of nitrogens with two attached hydrogens (primary N) is 1. The zero-order valence-electron chi connectivity index (χ0n) is 13.4. The van der Waals surface area contributed by atoms with Crippen LogP contribution in [0, 0.1) is 5.92 Å². The van der Waals surface area contributed by atoms with Crippen LogP contribution in [0.3, 0.4) is 0 Å². The molecule has 1 aliphatic heterocycles. The number of nitrogens with one attached hydrogen (secondary N) is 1. The van der Waals surface area contributed by atoms with Crippen molar-refractivity contribution in [1.29, 1.82) is 0 Å². The van der Waals surface area contributed by atoms with Crippen molar-refractivity contribution in [2.45, 2.75) is 45.1 Å². The minimum atomic E-state index is 0. The Morgan fingerprint density at radius 2 is 2.13 bits per heavy atom. The van der Waals surface area contributed by atoms with Crippen LogP contribution in [-0.4, -0.2) is 24.4 Å². The fraction of sp³-hybridized carbons (Fsp3) is 0.529. The number of carbonyl (C=O) groups excluding carboxylic acids is 2. The number of benzene rings is 1. The summed E-state index contributed by atoms with van der Waals surface area (Å²) in [6, 6.07) is 5.92. The van der Waals surface area contributed by atoms with Crippen molar-refractivity contribution in [2.24, 2.45) is 11.7 Å². The molecule has 1 aromatic carbocycles. The lowest BCUT2D eigenvalue weighted by atomic mass is 10.00. The lowest BCUT2D eigenvalue weighted by molar-refractivity contribution is -0.117. The van der Waals surface area contributed by atoms with Gasteiger partial charge in [-0.2, -0.15) is 0 Å². The first kappa shape index (κ1) is 17.8. The summed E-state index contributed by atoms with van der Waals surface area (Å²) in [6.07, 6.45) is 4.53. The Bertz CT molecular complexity index is 606. The van der Waals surface area contributed by atoms with Gasteiger partial charge in [0.1, 0.15) is 0 Å². The molecule has 0 aromatic heterocycles. The maximum absolute atomic E-state index is 12.2. The average Bonchev–Trinajstić information content (AvgIpc) is 3.05. The van der Waals surface area contributed by atoms with Crippen molar-refractivity contribution in [3.8, 4) is 0 Å². The van der Waals surface area contributed by atoms with E-state index in [1.165, 1.54) is 0 Å². The van der Waals surface area contributed by atoms with E-state index in [-0.39, 0.29) is 30.3 Å². The molecular weight excluding hydrogens is 314 g/mol. The molecule has 3 N–H and O–H groups in total. The van der Waals surface area contributed by atoms with E-state index in [0.29, 0.717) is 12.3 Å². The van der Waals surface area contributed by atoms with Gasteiger partial charge in [0.05, 0.1) is 0 Å². The summed E-state index contributed by atoms with van der Waals surface area (Å²) in [4.78, 5) is 25.5. The maximum atomic E-state index is 12.2. The number of fused-ring (bicyclic) bond motifs is 1. The summed E-state index contributed by atoms with van der Waals surface area (Å²) in [5, 5.41) is 2.97. The van der Waals surface area contributed by atoms with Crippen molar-refractivity contribution in [2.75, 3.05) is 16.8 Å². The van der Waals surface area contributed by atoms with Crippen LogP contribution < -0.4 is 16.0 Å². The van der Waals surface area contributed by atoms with E-state index < -0.39 is 0 Å². The van der Waals surface area contributed by atoms with Crippen LogP contribution in [0.1, 0.15) is 38.2 Å². The van der Waals surface area contributed by atoms with Crippen LogP contribution in [0.2, 0.25) is 0 Å². The van der Waals surface area contributed by atoms with Gasteiger partial charge in [-0.05, 0) is 48.9 Å². The number of rotatable bonds is 3. The lowest BCUT2D eigenvalue weighted by Gasteiger charge is -2.16. The first-order valence-corrected chi connectivity index (χ1v) is 8.01. The highest BCUT2D eigenvalue weighted by atomic mass is 35.5. The lowest BCUT2D eigenvalue weighted by Crippen LogP contribution is -2.28. The van der Waals surface area contributed by atoms with Crippen molar-refractivity contribution >= 4 is 35.6 Å². The van der Waals surface area contributed by atoms with Gasteiger partial charge in [-0.3, -0.25) is 9.59 Å². The second-order valence-electron chi connectivity index (χ2n) is 6.37. The third-order valence-electron chi connectivity index (χ3n) is 4.80. The number of halogens is 1. The Labute approximate surface area is 143 Å². The number of hydrogen-bond donors (Lipinski definition) is 2. The smallest absolute Gasteiger partial charge is 0.224 e. The van der Waals surface area contributed by atoms with Gasteiger partial charge in [0.2, 0.25) is 11.8 Å². The molecule has 1 fully saturated rings. The first-order valence-electron chi connectivity index (χ1n) is 8.01. The van der Waals surface area contributed by atoms with Gasteiger partial charge in [-0.15, -0.1) is 12.4 Å². The Kier molecular flexibility index (Phi) is 5.65. The van der Waals surface area contributed by atoms with Crippen LogP contribution in [0.5, 0.6) is 0 Å². The molecule has 3 rings (SSSR count). The molecule has 0 spiro atoms. The van der Waals surface area contributed by atoms with Gasteiger partial charge in [0.15, 0.2) is 0 Å². The Morgan fingerprint density at radius 3 is 2.78 bits per heavy atom. The summed E-state index contributed by atoms with van der Waals surface area (Å²) < 4.78 is 0. The normalized spacial score (nSPS) is 22.4. The second kappa shape index (κ2) is 7.32. The molecule has 0 unspecified atom stereocenters. The zero-order chi connectivity index (χ0) is 15.7. The molecule has 1 heterocycles. The number of anilines is 2. The van der Waals surface area contributed by atoms with Crippen LogP contribution >= 0.6 is 12.4 Å². The van der Waals surface area contributed by atoms with Crippen LogP contribution in [0.15, 0.2) is 18.2 Å². The third kappa shape index (κ3) is 3.85. The monoisotopic (exact) mass is 337 g/mol. The molecule has 0 bridgehead atoms. The zero-order valence-corrected chi connectivity index (χ0v) is 14.2. The molecule has 126 valence electrons. The van der Waals surface area contributed by atoms with E-state index in [1.54, 1.807) is 11.8 Å². The average molecular weight is 338 g/mol. The molecule has 2 aliphatic rings. The molecule has 0 saturated heterocycles. The molecule has 6 heteroatoms. The fourth-order valence-corrected chi connectivity index (χ4v) is 3.58. The van der Waals surface area contributed by atoms with Crippen molar-refractivity contribution in [1.82, 2.24) is 0 Å². The second-order valence-corrected chi connectivity index (χ2v) is 6.37. The summed E-state index contributed by atoms with van der Waals surface area (Å²) >= 11 is 0. The minimum Gasteiger partial charge on any atom is -0.327 e. The quantitative estimate of drug-likeness (QED) is 0.889. The summed E-state index contributed by atoms with van der Waals surface area (Å²) in [5.41, 5.74) is 8.90. The standard InChI is InChI=1S/C17H23N3O2.ClH/c1-11(21)20-8-7-13-9-14(5-6-16(13)20)19-17(22)10-12-3-2-4-15(12)18;/h5-6,9,12,15H,2-4,7-8,10,18H2,1H3,(H,19,22);1H/t12-,15+;/m0./s1. The van der Waals surface area contributed by atoms with E-state index in [4.69, 9.17) is 5.73 Å². The minimum absolute atomic E-state index is 0. The maximum Gasteiger partial charge on any atom is 0.224 e. The van der Waals surface area contributed by atoms with Crippen molar-refractivity contribution in [3.63, 3.8) is 0 Å². The Balaban J connectivity index is 0.00000192. The van der Waals surface area contributed by atoms with Gasteiger partial charge in [-0.1, -0.05) is 6.42 Å².